The molecule has 0 aromatic heterocycles. The molecule has 0 saturated heterocycles. The van der Waals surface area contributed by atoms with Crippen molar-refractivity contribution in [1.29, 1.82) is 0 Å². The van der Waals surface area contributed by atoms with Crippen LogP contribution in [0.4, 0.5) is 0 Å². The Kier molecular flexibility index (Phi) is 6.78. The summed E-state index contributed by atoms with van der Waals surface area (Å²) in [7, 11) is 1.60. The average Bonchev–Trinajstić information content (AvgIpc) is 2.45. The Morgan fingerprint density at radius 3 is 2.40 bits per heavy atom. The normalized spacial score (nSPS) is 11.8. The zero-order valence-electron chi connectivity index (χ0n) is 12.3. The van der Waals surface area contributed by atoms with E-state index in [0.717, 1.165) is 21.1 Å². The van der Waals surface area contributed by atoms with Crippen molar-refractivity contribution in [2.24, 2.45) is 0 Å². The zero-order chi connectivity index (χ0) is 15.3. The Morgan fingerprint density at radius 1 is 1.25 bits per heavy atom. The van der Waals surface area contributed by atoms with Gasteiger partial charge in [0.2, 0.25) is 0 Å². The molecule has 112 valence electrons. The van der Waals surface area contributed by atoms with Crippen LogP contribution in [0.3, 0.4) is 0 Å². The molecular formula is C15H21IO4. The van der Waals surface area contributed by atoms with Gasteiger partial charge in [0.1, 0.15) is 18.1 Å². The van der Waals surface area contributed by atoms with Crippen LogP contribution in [-0.4, -0.2) is 21.9 Å². The third-order valence-electron chi connectivity index (χ3n) is 3.48. The van der Waals surface area contributed by atoms with Gasteiger partial charge >= 0.3 is 0 Å². The number of halogens is 1. The molecule has 0 atom stereocenters. The molecule has 1 aromatic carbocycles. The van der Waals surface area contributed by atoms with Crippen molar-refractivity contribution in [3.63, 3.8) is 0 Å². The van der Waals surface area contributed by atoms with E-state index in [1.807, 2.05) is 13.8 Å². The summed E-state index contributed by atoms with van der Waals surface area (Å²) in [6, 6.07) is 0. The number of ether oxygens (including phenoxy) is 1. The fourth-order valence-electron chi connectivity index (χ4n) is 2.13. The summed E-state index contributed by atoms with van der Waals surface area (Å²) in [4.78, 5) is 4.20. The number of methoxy groups -OCH3 is 1. The molecule has 0 bridgehead atoms. The molecular weight excluding hydrogens is 371 g/mol. The van der Waals surface area contributed by atoms with Gasteiger partial charge in [-0.25, -0.2) is 4.89 Å². The van der Waals surface area contributed by atoms with Crippen LogP contribution < -0.4 is 4.74 Å². The minimum atomic E-state index is -0.0372. The van der Waals surface area contributed by atoms with E-state index in [0.29, 0.717) is 17.7 Å². The monoisotopic (exact) mass is 392 g/mol. The van der Waals surface area contributed by atoms with Gasteiger partial charge < -0.3 is 9.84 Å². The Bertz CT molecular complexity index is 509. The van der Waals surface area contributed by atoms with Gasteiger partial charge in [-0.15, -0.1) is 0 Å². The molecule has 0 radical (unpaired) electrons. The van der Waals surface area contributed by atoms with Crippen LogP contribution in [0.1, 0.15) is 29.2 Å². The van der Waals surface area contributed by atoms with Crippen molar-refractivity contribution in [3.8, 4) is 11.5 Å². The van der Waals surface area contributed by atoms with Gasteiger partial charge in [0.15, 0.2) is 0 Å². The van der Waals surface area contributed by atoms with E-state index < -0.39 is 0 Å². The summed E-state index contributed by atoms with van der Waals surface area (Å²) in [5, 5.41) is 19.1. The second kappa shape index (κ2) is 7.85. The third kappa shape index (κ3) is 3.65. The van der Waals surface area contributed by atoms with Gasteiger partial charge in [0.25, 0.3) is 0 Å². The predicted octanol–water partition coefficient (Wildman–Crippen LogP) is 3.93. The Hall–Kier alpha value is -0.790. The SMILES string of the molecule is COc1c(C)c(C)c(COO)c(O)c1C/C=C(\C)CI. The molecule has 0 amide bonds. The number of hydrogen-bond acceptors (Lipinski definition) is 4. The standard InChI is InChI=1S/C15H21IO4/c1-9(7-16)5-6-12-14(17)13(8-20-18)10(2)11(3)15(12)19-4/h5,17-18H,6-8H2,1-4H3/b9-5+. The van der Waals surface area contributed by atoms with Crippen LogP contribution >= 0.6 is 22.6 Å². The molecule has 0 spiro atoms. The summed E-state index contributed by atoms with van der Waals surface area (Å²) < 4.78 is 6.39. The van der Waals surface area contributed by atoms with E-state index in [4.69, 9.17) is 9.99 Å². The maximum atomic E-state index is 10.4. The van der Waals surface area contributed by atoms with Crippen LogP contribution in [0.2, 0.25) is 0 Å². The first-order valence-electron chi connectivity index (χ1n) is 6.33. The molecule has 0 aliphatic carbocycles. The second-order valence-electron chi connectivity index (χ2n) is 4.75. The summed E-state index contributed by atoms with van der Waals surface area (Å²) in [5.74, 6) is 0.829. The molecule has 0 aliphatic heterocycles. The molecule has 0 fully saturated rings. The van der Waals surface area contributed by atoms with Gasteiger partial charge in [0.05, 0.1) is 7.11 Å². The summed E-state index contributed by atoms with van der Waals surface area (Å²) in [6.45, 7) is 5.83. The molecule has 5 heteroatoms. The van der Waals surface area contributed by atoms with Crippen LogP contribution in [0, 0.1) is 13.8 Å². The first-order chi connectivity index (χ1) is 9.47. The lowest BCUT2D eigenvalue weighted by Crippen LogP contribution is -2.03. The highest BCUT2D eigenvalue weighted by atomic mass is 127. The lowest BCUT2D eigenvalue weighted by atomic mass is 9.95. The average molecular weight is 392 g/mol. The lowest BCUT2D eigenvalue weighted by Gasteiger charge is -2.19. The molecule has 1 aromatic rings. The topological polar surface area (TPSA) is 58.9 Å². The highest BCUT2D eigenvalue weighted by Crippen LogP contribution is 2.38. The number of rotatable bonds is 6. The maximum absolute atomic E-state index is 10.4. The Labute approximate surface area is 133 Å². The molecule has 0 aliphatic rings. The number of phenols is 1. The molecule has 0 unspecified atom stereocenters. The molecule has 20 heavy (non-hydrogen) atoms. The van der Waals surface area contributed by atoms with Gasteiger partial charge in [-0.3, -0.25) is 5.26 Å². The fourth-order valence-corrected chi connectivity index (χ4v) is 2.44. The van der Waals surface area contributed by atoms with E-state index in [2.05, 4.69) is 40.5 Å². The number of alkyl halides is 1. The zero-order valence-corrected chi connectivity index (χ0v) is 14.4. The van der Waals surface area contributed by atoms with Crippen molar-refractivity contribution in [1.82, 2.24) is 0 Å². The van der Waals surface area contributed by atoms with Gasteiger partial charge in [-0.05, 0) is 38.3 Å². The molecule has 4 nitrogen and oxygen atoms in total. The lowest BCUT2D eigenvalue weighted by molar-refractivity contribution is -0.253. The fraction of sp³-hybridized carbons (Fsp3) is 0.467. The molecule has 0 heterocycles. The summed E-state index contributed by atoms with van der Waals surface area (Å²) >= 11 is 2.30. The van der Waals surface area contributed by atoms with Crippen LogP contribution in [0.25, 0.3) is 0 Å². The number of allylic oxidation sites excluding steroid dienone is 2. The largest absolute Gasteiger partial charge is 0.507 e. The summed E-state index contributed by atoms with van der Waals surface area (Å²) in [5.41, 5.74) is 4.39. The highest BCUT2D eigenvalue weighted by Gasteiger charge is 2.19. The second-order valence-corrected chi connectivity index (χ2v) is 5.51. The third-order valence-corrected chi connectivity index (χ3v) is 4.68. The minimum absolute atomic E-state index is 0.0372. The van der Waals surface area contributed by atoms with E-state index >= 15 is 0 Å². The quantitative estimate of drug-likeness (QED) is 0.253. The predicted molar refractivity (Wildman–Crippen MR) is 87.9 cm³/mol. The van der Waals surface area contributed by atoms with Crippen LogP contribution in [0.15, 0.2) is 11.6 Å². The van der Waals surface area contributed by atoms with Crippen LogP contribution in [0.5, 0.6) is 11.5 Å². The summed E-state index contributed by atoms with van der Waals surface area (Å²) in [6.07, 6.45) is 2.66. The van der Waals surface area contributed by atoms with Gasteiger partial charge in [-0.1, -0.05) is 34.2 Å². The van der Waals surface area contributed by atoms with Crippen molar-refractivity contribution in [2.45, 2.75) is 33.8 Å². The maximum Gasteiger partial charge on any atom is 0.129 e. The van der Waals surface area contributed by atoms with E-state index in [9.17, 15) is 5.11 Å². The van der Waals surface area contributed by atoms with Gasteiger partial charge in [0, 0.05) is 15.6 Å². The number of aromatic hydroxyl groups is 1. The first kappa shape index (κ1) is 17.3. The van der Waals surface area contributed by atoms with Crippen molar-refractivity contribution in [3.05, 3.63) is 33.9 Å². The van der Waals surface area contributed by atoms with Crippen molar-refractivity contribution < 1.29 is 20.0 Å². The van der Waals surface area contributed by atoms with Crippen molar-refractivity contribution in [2.75, 3.05) is 11.5 Å². The smallest absolute Gasteiger partial charge is 0.129 e. The van der Waals surface area contributed by atoms with Crippen LogP contribution in [-0.2, 0) is 17.9 Å². The Balaban J connectivity index is 3.39. The van der Waals surface area contributed by atoms with E-state index in [-0.39, 0.29) is 12.4 Å². The minimum Gasteiger partial charge on any atom is -0.507 e. The Morgan fingerprint density at radius 2 is 1.90 bits per heavy atom. The first-order valence-corrected chi connectivity index (χ1v) is 7.86. The van der Waals surface area contributed by atoms with E-state index in [1.165, 1.54) is 5.57 Å². The van der Waals surface area contributed by atoms with Crippen molar-refractivity contribution >= 4 is 22.6 Å². The number of hydrogen-bond donors (Lipinski definition) is 2. The van der Waals surface area contributed by atoms with E-state index in [1.54, 1.807) is 7.11 Å². The molecule has 0 saturated carbocycles. The number of phenolic OH excluding ortho intramolecular Hbond substituents is 1. The number of benzene rings is 1. The molecule has 2 N–H and O–H groups in total. The highest BCUT2D eigenvalue weighted by molar-refractivity contribution is 14.1. The molecule has 1 rings (SSSR count). The van der Waals surface area contributed by atoms with Gasteiger partial charge in [-0.2, -0.15) is 0 Å².